The molecule has 0 amide bonds. The van der Waals surface area contributed by atoms with Gasteiger partial charge in [0.1, 0.15) is 5.82 Å². The maximum absolute atomic E-state index is 13.5. The van der Waals surface area contributed by atoms with Gasteiger partial charge in [0.15, 0.2) is 0 Å². The number of hydrogen-bond acceptors (Lipinski definition) is 4. The monoisotopic (exact) mass is 264 g/mol. The van der Waals surface area contributed by atoms with Crippen molar-refractivity contribution < 1.29 is 14.0 Å². The van der Waals surface area contributed by atoms with Crippen LogP contribution >= 0.6 is 0 Å². The van der Waals surface area contributed by atoms with Crippen LogP contribution in [0.1, 0.15) is 37.6 Å². The first-order valence-corrected chi connectivity index (χ1v) is 6.31. The predicted molar refractivity (Wildman–Crippen MR) is 69.1 cm³/mol. The number of rotatable bonds is 4. The summed E-state index contributed by atoms with van der Waals surface area (Å²) in [5, 5.41) is 13.5. The Bertz CT molecular complexity index is 566. The van der Waals surface area contributed by atoms with Crippen molar-refractivity contribution in [2.45, 2.75) is 39.2 Å². The van der Waals surface area contributed by atoms with Crippen LogP contribution in [0.4, 0.5) is 4.39 Å². The molecule has 2 unspecified atom stereocenters. The van der Waals surface area contributed by atoms with E-state index in [1.54, 1.807) is 26.0 Å². The van der Waals surface area contributed by atoms with Gasteiger partial charge in [-0.2, -0.15) is 4.98 Å². The molecule has 1 aromatic heterocycles. The van der Waals surface area contributed by atoms with E-state index in [1.165, 1.54) is 6.07 Å². The minimum absolute atomic E-state index is 0.198. The highest BCUT2D eigenvalue weighted by Gasteiger charge is 2.22. The fourth-order valence-corrected chi connectivity index (χ4v) is 1.96. The van der Waals surface area contributed by atoms with Crippen LogP contribution in [0.5, 0.6) is 0 Å². The number of aliphatic hydroxyl groups excluding tert-OH is 1. The average molecular weight is 264 g/mol. The van der Waals surface area contributed by atoms with Gasteiger partial charge in [-0.15, -0.1) is 0 Å². The smallest absolute Gasteiger partial charge is 0.232 e. The Hall–Kier alpha value is -1.75. The molecule has 19 heavy (non-hydrogen) atoms. The zero-order valence-corrected chi connectivity index (χ0v) is 11.2. The van der Waals surface area contributed by atoms with Gasteiger partial charge in [-0.25, -0.2) is 4.39 Å². The summed E-state index contributed by atoms with van der Waals surface area (Å²) in [5.41, 5.74) is 1.14. The minimum atomic E-state index is -0.562. The molecular formula is C14H17FN2O2. The maximum Gasteiger partial charge on any atom is 0.232 e. The Morgan fingerprint density at radius 3 is 2.74 bits per heavy atom. The summed E-state index contributed by atoms with van der Waals surface area (Å²) in [4.78, 5) is 4.24. The van der Waals surface area contributed by atoms with Crippen LogP contribution in [-0.2, 0) is 0 Å². The Morgan fingerprint density at radius 2 is 2.16 bits per heavy atom. The van der Waals surface area contributed by atoms with Crippen LogP contribution in [0.3, 0.4) is 0 Å². The second-order valence-corrected chi connectivity index (χ2v) is 4.68. The highest BCUT2D eigenvalue weighted by Crippen LogP contribution is 2.25. The summed E-state index contributed by atoms with van der Waals surface area (Å²) in [7, 11) is 0. The van der Waals surface area contributed by atoms with Gasteiger partial charge in [-0.3, -0.25) is 0 Å². The third kappa shape index (κ3) is 2.81. The molecule has 0 aliphatic heterocycles. The van der Waals surface area contributed by atoms with Crippen molar-refractivity contribution >= 4 is 0 Å². The molecule has 0 radical (unpaired) electrons. The predicted octanol–water partition coefficient (Wildman–Crippen LogP) is 3.06. The molecule has 102 valence electrons. The topological polar surface area (TPSA) is 59.2 Å². The van der Waals surface area contributed by atoms with Crippen molar-refractivity contribution in [1.82, 2.24) is 10.1 Å². The van der Waals surface area contributed by atoms with Gasteiger partial charge in [-0.05, 0) is 31.9 Å². The van der Waals surface area contributed by atoms with Gasteiger partial charge in [0.25, 0.3) is 0 Å². The number of aromatic nitrogens is 2. The third-order valence-electron chi connectivity index (χ3n) is 3.21. The van der Waals surface area contributed by atoms with Crippen molar-refractivity contribution in [1.29, 1.82) is 0 Å². The number of benzene rings is 1. The van der Waals surface area contributed by atoms with Crippen molar-refractivity contribution in [2.24, 2.45) is 0 Å². The van der Waals surface area contributed by atoms with Crippen molar-refractivity contribution in [3.8, 4) is 11.4 Å². The van der Waals surface area contributed by atoms with E-state index in [-0.39, 0.29) is 11.7 Å². The summed E-state index contributed by atoms with van der Waals surface area (Å²) >= 11 is 0. The first-order valence-electron chi connectivity index (χ1n) is 6.31. The molecule has 0 aliphatic carbocycles. The van der Waals surface area contributed by atoms with E-state index < -0.39 is 6.10 Å². The second kappa shape index (κ2) is 5.48. The number of aryl methyl sites for hydroxylation is 1. The lowest BCUT2D eigenvalue weighted by molar-refractivity contribution is 0.141. The molecule has 2 atom stereocenters. The Balaban J connectivity index is 2.32. The van der Waals surface area contributed by atoms with Crippen LogP contribution in [0, 0.1) is 12.7 Å². The van der Waals surface area contributed by atoms with Crippen LogP contribution < -0.4 is 0 Å². The Kier molecular flexibility index (Phi) is 3.95. The number of halogens is 1. The average Bonchev–Trinajstić information content (AvgIpc) is 2.82. The van der Waals surface area contributed by atoms with E-state index in [2.05, 4.69) is 10.1 Å². The first kappa shape index (κ1) is 13.7. The zero-order chi connectivity index (χ0) is 14.0. The summed E-state index contributed by atoms with van der Waals surface area (Å²) in [5.74, 6) is 0.226. The normalized spacial score (nSPS) is 14.4. The summed E-state index contributed by atoms with van der Waals surface area (Å²) < 4.78 is 18.7. The molecule has 4 nitrogen and oxygen atoms in total. The van der Waals surface area contributed by atoms with Crippen molar-refractivity contribution in [2.75, 3.05) is 0 Å². The van der Waals surface area contributed by atoms with E-state index in [0.717, 1.165) is 0 Å². The molecule has 0 saturated carbocycles. The molecule has 0 saturated heterocycles. The van der Waals surface area contributed by atoms with Crippen molar-refractivity contribution in [3.63, 3.8) is 0 Å². The molecule has 0 fully saturated rings. The molecule has 0 bridgehead atoms. The fourth-order valence-electron chi connectivity index (χ4n) is 1.96. The van der Waals surface area contributed by atoms with Gasteiger partial charge in [-0.1, -0.05) is 24.2 Å². The standard InChI is InChI=1S/C14H17FN2O2/c1-4-11(9(3)18)14-16-13(17-19-14)10-6-5-8(2)12(15)7-10/h5-7,9,11,18H,4H2,1-3H3. The van der Waals surface area contributed by atoms with E-state index in [0.29, 0.717) is 29.3 Å². The first-order chi connectivity index (χ1) is 9.02. The van der Waals surface area contributed by atoms with Crippen LogP contribution in [0.15, 0.2) is 22.7 Å². The molecule has 2 aromatic rings. The molecule has 1 N–H and O–H groups in total. The minimum Gasteiger partial charge on any atom is -0.393 e. The zero-order valence-electron chi connectivity index (χ0n) is 11.2. The fraction of sp³-hybridized carbons (Fsp3) is 0.429. The second-order valence-electron chi connectivity index (χ2n) is 4.68. The summed E-state index contributed by atoms with van der Waals surface area (Å²) in [6.07, 6.45) is 0.134. The van der Waals surface area contributed by atoms with E-state index in [1.807, 2.05) is 6.92 Å². The molecule has 1 aromatic carbocycles. The number of hydrogen-bond donors (Lipinski definition) is 1. The van der Waals surface area contributed by atoms with Crippen molar-refractivity contribution in [3.05, 3.63) is 35.5 Å². The van der Waals surface area contributed by atoms with Gasteiger partial charge < -0.3 is 9.63 Å². The lowest BCUT2D eigenvalue weighted by atomic mass is 10.0. The number of aliphatic hydroxyl groups is 1. The van der Waals surface area contributed by atoms with Gasteiger partial charge in [0.2, 0.25) is 11.7 Å². The molecule has 5 heteroatoms. The van der Waals surface area contributed by atoms with Gasteiger partial charge in [0, 0.05) is 5.56 Å². The van der Waals surface area contributed by atoms with E-state index in [4.69, 9.17) is 4.52 Å². The Labute approximate surface area is 111 Å². The summed E-state index contributed by atoms with van der Waals surface area (Å²) in [6.45, 7) is 5.32. The SMILES string of the molecule is CCC(c1nc(-c2ccc(C)c(F)c2)no1)C(C)O. The number of nitrogens with zero attached hydrogens (tertiary/aromatic N) is 2. The van der Waals surface area contributed by atoms with E-state index >= 15 is 0 Å². The lowest BCUT2D eigenvalue weighted by Gasteiger charge is -2.12. The molecule has 0 aliphatic rings. The molecule has 0 spiro atoms. The molecule has 1 heterocycles. The summed E-state index contributed by atoms with van der Waals surface area (Å²) in [6, 6.07) is 4.80. The third-order valence-corrected chi connectivity index (χ3v) is 3.21. The molecule has 2 rings (SSSR count). The van der Waals surface area contributed by atoms with Crippen LogP contribution in [-0.4, -0.2) is 21.4 Å². The van der Waals surface area contributed by atoms with Crippen LogP contribution in [0.25, 0.3) is 11.4 Å². The van der Waals surface area contributed by atoms with Gasteiger partial charge in [0.05, 0.1) is 12.0 Å². The highest BCUT2D eigenvalue weighted by atomic mass is 19.1. The lowest BCUT2D eigenvalue weighted by Crippen LogP contribution is -2.13. The molecular weight excluding hydrogens is 247 g/mol. The highest BCUT2D eigenvalue weighted by molar-refractivity contribution is 5.55. The van der Waals surface area contributed by atoms with E-state index in [9.17, 15) is 9.50 Å². The quantitative estimate of drug-likeness (QED) is 0.922. The van der Waals surface area contributed by atoms with Crippen LogP contribution in [0.2, 0.25) is 0 Å². The largest absolute Gasteiger partial charge is 0.393 e. The maximum atomic E-state index is 13.5. The van der Waals surface area contributed by atoms with Gasteiger partial charge >= 0.3 is 0 Å². The Morgan fingerprint density at radius 1 is 1.42 bits per heavy atom.